The molecule has 16 heavy (non-hydrogen) atoms. The summed E-state index contributed by atoms with van der Waals surface area (Å²) in [5, 5.41) is 19.1. The second-order valence-electron chi connectivity index (χ2n) is 3.32. The van der Waals surface area contributed by atoms with Gasteiger partial charge < -0.3 is 15.8 Å². The fourth-order valence-corrected chi connectivity index (χ4v) is 1.28. The second-order valence-corrected chi connectivity index (χ2v) is 3.32. The van der Waals surface area contributed by atoms with Crippen molar-refractivity contribution in [3.05, 3.63) is 33.0 Å². The van der Waals surface area contributed by atoms with Crippen molar-refractivity contribution in [1.82, 2.24) is 4.98 Å². The van der Waals surface area contributed by atoms with Crippen LogP contribution in [0, 0.1) is 10.1 Å². The van der Waals surface area contributed by atoms with Crippen LogP contribution in [0.15, 0.2) is 11.8 Å². The van der Waals surface area contributed by atoms with Crippen LogP contribution in [0.25, 0.3) is 6.08 Å². The van der Waals surface area contributed by atoms with Gasteiger partial charge in [-0.2, -0.15) is 0 Å². The molecular weight excluding hydrogens is 214 g/mol. The Morgan fingerprint density at radius 1 is 1.75 bits per heavy atom. The number of hydrogen-bond donors (Lipinski definition) is 3. The van der Waals surface area contributed by atoms with Gasteiger partial charge in [0.2, 0.25) is 6.54 Å². The van der Waals surface area contributed by atoms with E-state index >= 15 is 0 Å². The minimum atomic E-state index is -1.13. The van der Waals surface area contributed by atoms with E-state index in [9.17, 15) is 14.9 Å². The molecule has 1 heterocycles. The van der Waals surface area contributed by atoms with Crippen molar-refractivity contribution in [2.75, 3.05) is 12.3 Å². The molecule has 0 amide bonds. The zero-order chi connectivity index (χ0) is 12.3. The van der Waals surface area contributed by atoms with Crippen LogP contribution < -0.4 is 5.73 Å². The molecule has 0 fully saturated rings. The van der Waals surface area contributed by atoms with E-state index in [2.05, 4.69) is 4.98 Å². The number of H-pyrrole nitrogens is 1. The number of nitrogen functional groups attached to an aromatic ring is 1. The van der Waals surface area contributed by atoms with Gasteiger partial charge in [0.15, 0.2) is 0 Å². The predicted octanol–water partition coefficient (Wildman–Crippen LogP) is 0.975. The van der Waals surface area contributed by atoms with Crippen LogP contribution in [0.5, 0.6) is 0 Å². The maximum atomic E-state index is 10.8. The Hall–Kier alpha value is -2.31. The topological polar surface area (TPSA) is 122 Å². The van der Waals surface area contributed by atoms with Gasteiger partial charge in [-0.3, -0.25) is 10.1 Å². The van der Waals surface area contributed by atoms with Crippen LogP contribution >= 0.6 is 0 Å². The molecule has 0 unspecified atom stereocenters. The van der Waals surface area contributed by atoms with Crippen molar-refractivity contribution in [1.29, 1.82) is 0 Å². The largest absolute Gasteiger partial charge is 0.478 e. The predicted molar refractivity (Wildman–Crippen MR) is 57.7 cm³/mol. The van der Waals surface area contributed by atoms with Gasteiger partial charge in [0, 0.05) is 16.7 Å². The highest BCUT2D eigenvalue weighted by atomic mass is 16.6. The molecule has 0 aliphatic carbocycles. The van der Waals surface area contributed by atoms with Gasteiger partial charge in [-0.1, -0.05) is 0 Å². The smallest absolute Gasteiger partial charge is 0.337 e. The van der Waals surface area contributed by atoms with Gasteiger partial charge in [-0.25, -0.2) is 4.79 Å². The molecule has 0 aliphatic heterocycles. The first-order valence-corrected chi connectivity index (χ1v) is 4.41. The highest BCUT2D eigenvalue weighted by Gasteiger charge is 2.14. The summed E-state index contributed by atoms with van der Waals surface area (Å²) in [4.78, 5) is 23.1. The maximum absolute atomic E-state index is 10.8. The highest BCUT2D eigenvalue weighted by molar-refractivity contribution is 5.94. The summed E-state index contributed by atoms with van der Waals surface area (Å²) in [5.74, 6) is -0.951. The van der Waals surface area contributed by atoms with E-state index in [1.807, 2.05) is 0 Å². The summed E-state index contributed by atoms with van der Waals surface area (Å²) < 4.78 is 0. The fraction of sp³-hybridized carbons (Fsp3) is 0.222. The molecule has 0 saturated heterocycles. The number of aromatic amines is 1. The van der Waals surface area contributed by atoms with Gasteiger partial charge >= 0.3 is 5.97 Å². The van der Waals surface area contributed by atoms with Crippen molar-refractivity contribution < 1.29 is 14.8 Å². The number of carbonyl (C=O) groups is 1. The van der Waals surface area contributed by atoms with Crippen LogP contribution in [0.3, 0.4) is 0 Å². The quantitative estimate of drug-likeness (QED) is 0.520. The molecule has 1 rings (SSSR count). The third kappa shape index (κ3) is 2.59. The molecule has 0 aromatic carbocycles. The number of carboxylic acids is 1. The average molecular weight is 225 g/mol. The average Bonchev–Trinajstić information content (AvgIpc) is 2.46. The molecule has 0 saturated carbocycles. The summed E-state index contributed by atoms with van der Waals surface area (Å²) >= 11 is 0. The van der Waals surface area contributed by atoms with Crippen molar-refractivity contribution >= 4 is 17.9 Å². The number of aromatic carboxylic acids is 1. The van der Waals surface area contributed by atoms with Crippen molar-refractivity contribution in [3.8, 4) is 0 Å². The molecule has 0 spiro atoms. The first-order chi connectivity index (χ1) is 7.41. The Morgan fingerprint density at radius 3 is 2.88 bits per heavy atom. The Bertz CT molecular complexity index is 461. The number of nitro groups is 1. The molecule has 0 atom stereocenters. The molecular formula is C9H11N3O4. The Balaban J connectivity index is 3.08. The normalized spacial score (nSPS) is 11.4. The summed E-state index contributed by atoms with van der Waals surface area (Å²) in [5.41, 5.74) is 6.22. The Kier molecular flexibility index (Phi) is 3.29. The molecule has 0 radical (unpaired) electrons. The number of nitrogens with zero attached hydrogens (tertiary/aromatic N) is 1. The van der Waals surface area contributed by atoms with E-state index in [0.29, 0.717) is 5.57 Å². The molecule has 7 nitrogen and oxygen atoms in total. The maximum Gasteiger partial charge on any atom is 0.337 e. The van der Waals surface area contributed by atoms with Crippen LogP contribution in [-0.2, 0) is 0 Å². The third-order valence-electron chi connectivity index (χ3n) is 1.95. The third-order valence-corrected chi connectivity index (χ3v) is 1.95. The zero-order valence-corrected chi connectivity index (χ0v) is 8.56. The minimum Gasteiger partial charge on any atom is -0.478 e. The van der Waals surface area contributed by atoms with Crippen LogP contribution in [0.1, 0.15) is 22.8 Å². The summed E-state index contributed by atoms with van der Waals surface area (Å²) in [6, 6.07) is 0. The second kappa shape index (κ2) is 4.47. The number of nitrogens with one attached hydrogen (secondary N) is 1. The van der Waals surface area contributed by atoms with Crippen LogP contribution in [0.4, 0.5) is 5.82 Å². The number of anilines is 1. The fourth-order valence-electron chi connectivity index (χ4n) is 1.28. The molecule has 0 bridgehead atoms. The van der Waals surface area contributed by atoms with Gasteiger partial charge in [-0.05, 0) is 18.6 Å². The molecule has 1 aromatic heterocycles. The van der Waals surface area contributed by atoms with Crippen molar-refractivity contribution in [2.45, 2.75) is 6.92 Å². The standard InChI is InChI=1S/C9H11N3O4/c1-5(4-12(15)16)2-6-7(9(13)14)3-11-8(6)10/h2-3,11H,4,10H2,1H3,(H,13,14)/b5-2+. The van der Waals surface area contributed by atoms with Gasteiger partial charge in [0.25, 0.3) is 0 Å². The van der Waals surface area contributed by atoms with E-state index < -0.39 is 10.9 Å². The highest BCUT2D eigenvalue weighted by Crippen LogP contribution is 2.19. The van der Waals surface area contributed by atoms with E-state index in [1.54, 1.807) is 6.92 Å². The summed E-state index contributed by atoms with van der Waals surface area (Å²) in [7, 11) is 0. The molecule has 4 N–H and O–H groups in total. The first-order valence-electron chi connectivity index (χ1n) is 4.41. The van der Waals surface area contributed by atoms with E-state index in [1.165, 1.54) is 12.3 Å². The lowest BCUT2D eigenvalue weighted by molar-refractivity contribution is -0.470. The van der Waals surface area contributed by atoms with Crippen LogP contribution in [-0.4, -0.2) is 27.5 Å². The summed E-state index contributed by atoms with van der Waals surface area (Å²) in [6.07, 6.45) is 2.65. The lowest BCUT2D eigenvalue weighted by Gasteiger charge is -1.97. The van der Waals surface area contributed by atoms with E-state index in [-0.39, 0.29) is 23.5 Å². The number of nitrogens with two attached hydrogens (primary N) is 1. The number of carboxylic acid groups (broad SMARTS) is 1. The van der Waals surface area contributed by atoms with E-state index in [4.69, 9.17) is 10.8 Å². The SMILES string of the molecule is C/C(=C\c1c(C(=O)O)c[nH]c1N)C[N+](=O)[O-]. The number of aromatic nitrogens is 1. The van der Waals surface area contributed by atoms with Gasteiger partial charge in [0.1, 0.15) is 5.82 Å². The number of rotatable bonds is 4. The summed E-state index contributed by atoms with van der Waals surface area (Å²) in [6.45, 7) is 1.20. The zero-order valence-electron chi connectivity index (χ0n) is 8.56. The van der Waals surface area contributed by atoms with Gasteiger partial charge in [-0.15, -0.1) is 0 Å². The minimum absolute atomic E-state index is 0.000183. The van der Waals surface area contributed by atoms with Crippen LogP contribution in [0.2, 0.25) is 0 Å². The molecule has 7 heteroatoms. The van der Waals surface area contributed by atoms with Crippen molar-refractivity contribution in [2.24, 2.45) is 0 Å². The lowest BCUT2D eigenvalue weighted by atomic mass is 10.1. The lowest BCUT2D eigenvalue weighted by Crippen LogP contribution is -2.03. The monoisotopic (exact) mass is 225 g/mol. The first kappa shape index (κ1) is 11.8. The van der Waals surface area contributed by atoms with Gasteiger partial charge in [0.05, 0.1) is 5.56 Å². The number of hydrogen-bond acceptors (Lipinski definition) is 4. The molecule has 1 aromatic rings. The van der Waals surface area contributed by atoms with E-state index in [0.717, 1.165) is 0 Å². The molecule has 0 aliphatic rings. The Morgan fingerprint density at radius 2 is 2.38 bits per heavy atom. The molecule has 86 valence electrons. The Labute approximate surface area is 90.7 Å². The van der Waals surface area contributed by atoms with Crippen molar-refractivity contribution in [3.63, 3.8) is 0 Å².